The minimum atomic E-state index is 0.284. The molecule has 0 aliphatic heterocycles. The highest BCUT2D eigenvalue weighted by molar-refractivity contribution is 5.98. The lowest BCUT2D eigenvalue weighted by molar-refractivity contribution is 0.473. The molecule has 0 saturated carbocycles. The predicted molar refractivity (Wildman–Crippen MR) is 130 cm³/mol. The van der Waals surface area contributed by atoms with Crippen LogP contribution < -0.4 is 0 Å². The number of rotatable bonds is 2. The second-order valence-corrected chi connectivity index (χ2v) is 8.13. The maximum atomic E-state index is 10.8. The van der Waals surface area contributed by atoms with E-state index >= 15 is 0 Å². The average molecular weight is 399 g/mol. The Kier molecular flexibility index (Phi) is 3.87. The fourth-order valence-corrected chi connectivity index (χ4v) is 4.64. The van der Waals surface area contributed by atoms with Crippen LogP contribution in [-0.2, 0) is 0 Å². The molecule has 0 fully saturated rings. The van der Waals surface area contributed by atoms with Crippen molar-refractivity contribution in [1.29, 1.82) is 0 Å². The maximum absolute atomic E-state index is 10.8. The van der Waals surface area contributed by atoms with Gasteiger partial charge in [0.1, 0.15) is 5.75 Å². The summed E-state index contributed by atoms with van der Waals surface area (Å²) in [5.74, 6) is 0.284. The van der Waals surface area contributed by atoms with Crippen molar-refractivity contribution in [3.05, 3.63) is 109 Å². The molecule has 0 aliphatic rings. The molecule has 0 bridgehead atoms. The van der Waals surface area contributed by atoms with E-state index in [9.17, 15) is 5.11 Å². The molecule has 6 aromatic rings. The van der Waals surface area contributed by atoms with Crippen LogP contribution in [0.3, 0.4) is 0 Å². The second kappa shape index (κ2) is 6.75. The Labute approximate surface area is 180 Å². The first-order valence-corrected chi connectivity index (χ1v) is 10.5. The van der Waals surface area contributed by atoms with E-state index in [1.807, 2.05) is 12.1 Å². The van der Waals surface area contributed by atoms with Crippen LogP contribution in [0.15, 0.2) is 103 Å². The third-order valence-electron chi connectivity index (χ3n) is 6.20. The van der Waals surface area contributed by atoms with Gasteiger partial charge in [-0.15, -0.1) is 0 Å². The molecule has 1 N–H and O–H groups in total. The van der Waals surface area contributed by atoms with Gasteiger partial charge in [-0.2, -0.15) is 0 Å². The highest BCUT2D eigenvalue weighted by Gasteiger charge is 2.14. The number of phenols is 1. The summed E-state index contributed by atoms with van der Waals surface area (Å²) >= 11 is 0. The molecule has 0 unspecified atom stereocenters. The molecule has 0 radical (unpaired) electrons. The zero-order chi connectivity index (χ0) is 20.9. The van der Waals surface area contributed by atoms with Gasteiger partial charge in [-0.25, -0.2) is 0 Å². The lowest BCUT2D eigenvalue weighted by Crippen LogP contribution is -1.94. The number of nitrogens with zero attached hydrogens (tertiary/aromatic N) is 1. The first-order valence-electron chi connectivity index (χ1n) is 10.5. The summed E-state index contributed by atoms with van der Waals surface area (Å²) in [7, 11) is 0. The largest absolute Gasteiger partial charge is 0.506 e. The van der Waals surface area contributed by atoms with Crippen LogP contribution in [0.4, 0.5) is 0 Å². The third kappa shape index (κ3) is 2.80. The Hall–Kier alpha value is -4.04. The van der Waals surface area contributed by atoms with E-state index in [0.717, 1.165) is 22.0 Å². The quantitative estimate of drug-likeness (QED) is 0.318. The number of aromatic nitrogens is 1. The number of aryl methyl sites for hydroxylation is 1. The van der Waals surface area contributed by atoms with Gasteiger partial charge in [-0.1, -0.05) is 72.8 Å². The summed E-state index contributed by atoms with van der Waals surface area (Å²) in [4.78, 5) is 0. The van der Waals surface area contributed by atoms with Crippen LogP contribution >= 0.6 is 0 Å². The molecule has 148 valence electrons. The molecule has 2 nitrogen and oxygen atoms in total. The number of fused-ring (bicyclic) bond motifs is 3. The molecular formula is C29H21NO. The van der Waals surface area contributed by atoms with Gasteiger partial charge < -0.3 is 9.67 Å². The molecule has 0 amide bonds. The normalized spacial score (nSPS) is 11.5. The summed E-state index contributed by atoms with van der Waals surface area (Å²) in [5.41, 5.74) is 5.48. The summed E-state index contributed by atoms with van der Waals surface area (Å²) in [6.45, 7) is 2.11. The number of benzene rings is 5. The Morgan fingerprint density at radius 3 is 2.16 bits per heavy atom. The lowest BCUT2D eigenvalue weighted by atomic mass is 9.98. The maximum Gasteiger partial charge on any atom is 0.140 e. The van der Waals surface area contributed by atoms with Crippen LogP contribution in [0.2, 0.25) is 0 Å². The molecule has 0 atom stereocenters. The highest BCUT2D eigenvalue weighted by atomic mass is 16.3. The van der Waals surface area contributed by atoms with E-state index < -0.39 is 0 Å². The fraction of sp³-hybridized carbons (Fsp3) is 0.0345. The Balaban J connectivity index is 1.56. The van der Waals surface area contributed by atoms with Gasteiger partial charge in [0.05, 0.1) is 11.2 Å². The summed E-state index contributed by atoms with van der Waals surface area (Å²) in [6.07, 6.45) is 2.11. The minimum Gasteiger partial charge on any atom is -0.506 e. The SMILES string of the molecule is Cc1cn(-c2c(O)ccc3cc(-c4ccc5ccccc5c4)ccc23)c2ccccc12. The van der Waals surface area contributed by atoms with Crippen molar-refractivity contribution in [2.45, 2.75) is 6.92 Å². The van der Waals surface area contributed by atoms with Crippen LogP contribution in [0, 0.1) is 6.92 Å². The van der Waals surface area contributed by atoms with Crippen molar-refractivity contribution in [1.82, 2.24) is 4.57 Å². The molecule has 31 heavy (non-hydrogen) atoms. The third-order valence-corrected chi connectivity index (χ3v) is 6.20. The number of para-hydroxylation sites is 1. The van der Waals surface area contributed by atoms with Gasteiger partial charge in [-0.3, -0.25) is 0 Å². The van der Waals surface area contributed by atoms with Crippen molar-refractivity contribution < 1.29 is 5.11 Å². The number of aromatic hydroxyl groups is 1. The van der Waals surface area contributed by atoms with Gasteiger partial charge >= 0.3 is 0 Å². The van der Waals surface area contributed by atoms with E-state index in [1.54, 1.807) is 6.07 Å². The standard InChI is InChI=1S/C29H21NO/c1-19-18-30(27-9-5-4-8-25(19)27)29-26-14-12-23(17-24(26)13-15-28(29)31)22-11-10-20-6-2-3-7-21(20)16-22/h2-18,31H,1H3. The molecule has 1 heterocycles. The van der Waals surface area contributed by atoms with Crippen molar-refractivity contribution in [2.75, 3.05) is 0 Å². The minimum absolute atomic E-state index is 0.284. The summed E-state index contributed by atoms with van der Waals surface area (Å²) < 4.78 is 2.11. The zero-order valence-electron chi connectivity index (χ0n) is 17.2. The molecule has 2 heteroatoms. The molecule has 6 rings (SSSR count). The summed E-state index contributed by atoms with van der Waals surface area (Å²) in [6, 6.07) is 33.6. The lowest BCUT2D eigenvalue weighted by Gasteiger charge is -2.13. The van der Waals surface area contributed by atoms with Crippen LogP contribution in [0.5, 0.6) is 5.75 Å². The Bertz CT molecular complexity index is 1610. The highest BCUT2D eigenvalue weighted by Crippen LogP contribution is 2.36. The van der Waals surface area contributed by atoms with Crippen LogP contribution in [0.25, 0.3) is 49.3 Å². The van der Waals surface area contributed by atoms with Crippen LogP contribution in [0.1, 0.15) is 5.56 Å². The molecule has 0 saturated heterocycles. The Morgan fingerprint density at radius 2 is 1.29 bits per heavy atom. The van der Waals surface area contributed by atoms with Crippen LogP contribution in [-0.4, -0.2) is 9.67 Å². The van der Waals surface area contributed by atoms with Crippen molar-refractivity contribution in [2.24, 2.45) is 0 Å². The zero-order valence-corrected chi connectivity index (χ0v) is 17.2. The van der Waals surface area contributed by atoms with E-state index in [1.165, 1.54) is 32.8 Å². The topological polar surface area (TPSA) is 25.2 Å². The molecular weight excluding hydrogens is 378 g/mol. The second-order valence-electron chi connectivity index (χ2n) is 8.13. The fourth-order valence-electron chi connectivity index (χ4n) is 4.64. The van der Waals surface area contributed by atoms with E-state index in [2.05, 4.69) is 96.6 Å². The molecule has 0 spiro atoms. The Morgan fingerprint density at radius 1 is 0.613 bits per heavy atom. The van der Waals surface area contributed by atoms with E-state index in [0.29, 0.717) is 0 Å². The van der Waals surface area contributed by atoms with Crippen molar-refractivity contribution in [3.63, 3.8) is 0 Å². The summed E-state index contributed by atoms with van der Waals surface area (Å²) in [5, 5.41) is 16.6. The number of phenolic OH excluding ortho intramolecular Hbond substituents is 1. The van der Waals surface area contributed by atoms with Gasteiger partial charge in [-0.05, 0) is 64.0 Å². The van der Waals surface area contributed by atoms with E-state index in [-0.39, 0.29) is 5.75 Å². The average Bonchev–Trinajstić information content (AvgIpc) is 3.14. The monoisotopic (exact) mass is 399 g/mol. The number of hydrogen-bond donors (Lipinski definition) is 1. The molecule has 1 aromatic heterocycles. The first-order chi connectivity index (χ1) is 15.2. The predicted octanol–water partition coefficient (Wildman–Crippen LogP) is 7.62. The smallest absolute Gasteiger partial charge is 0.140 e. The van der Waals surface area contributed by atoms with Gasteiger partial charge in [0.25, 0.3) is 0 Å². The van der Waals surface area contributed by atoms with Gasteiger partial charge in [0.2, 0.25) is 0 Å². The number of hydrogen-bond acceptors (Lipinski definition) is 1. The first kappa shape index (κ1) is 17.8. The van der Waals surface area contributed by atoms with Gasteiger partial charge in [0.15, 0.2) is 0 Å². The van der Waals surface area contributed by atoms with Crippen molar-refractivity contribution >= 4 is 32.4 Å². The van der Waals surface area contributed by atoms with Crippen molar-refractivity contribution in [3.8, 4) is 22.6 Å². The molecule has 0 aliphatic carbocycles. The van der Waals surface area contributed by atoms with E-state index in [4.69, 9.17) is 0 Å². The molecule has 5 aromatic carbocycles. The van der Waals surface area contributed by atoms with Gasteiger partial charge in [0, 0.05) is 17.0 Å².